The number of halogens is 1. The van der Waals surface area contributed by atoms with Crippen LogP contribution in [0.3, 0.4) is 0 Å². The van der Waals surface area contributed by atoms with E-state index < -0.39 is 0 Å². The Morgan fingerprint density at radius 3 is 2.71 bits per heavy atom. The molecule has 3 heteroatoms. The lowest BCUT2D eigenvalue weighted by Crippen LogP contribution is -2.02. The van der Waals surface area contributed by atoms with E-state index in [2.05, 4.69) is 0 Å². The van der Waals surface area contributed by atoms with Gasteiger partial charge in [0, 0.05) is 6.08 Å². The van der Waals surface area contributed by atoms with Crippen molar-refractivity contribution in [1.29, 1.82) is 0 Å². The van der Waals surface area contributed by atoms with Crippen molar-refractivity contribution in [3.8, 4) is 0 Å². The first-order valence-electron chi connectivity index (χ1n) is 4.29. The molecule has 0 saturated carbocycles. The fourth-order valence-electron chi connectivity index (χ4n) is 0.916. The molecule has 0 fully saturated rings. The number of hydrogen-bond donors (Lipinski definition) is 0. The van der Waals surface area contributed by atoms with Crippen LogP contribution >= 0.6 is 11.6 Å². The summed E-state index contributed by atoms with van der Waals surface area (Å²) in [5.74, 6) is -0.0419. The molecule has 1 aromatic rings. The van der Waals surface area contributed by atoms with Gasteiger partial charge in [-0.3, -0.25) is 0 Å². The number of carbonyl (C=O) groups is 1. The molecule has 0 aliphatic rings. The predicted molar refractivity (Wildman–Crippen MR) is 57.2 cm³/mol. The minimum atomic E-state index is -0.366. The van der Waals surface area contributed by atoms with E-state index in [-0.39, 0.29) is 12.6 Å². The number of hydrogen-bond acceptors (Lipinski definition) is 2. The van der Waals surface area contributed by atoms with E-state index in [1.54, 1.807) is 6.08 Å². The number of benzene rings is 1. The van der Waals surface area contributed by atoms with Gasteiger partial charge < -0.3 is 4.74 Å². The van der Waals surface area contributed by atoms with Gasteiger partial charge in [0.25, 0.3) is 0 Å². The molecule has 0 atom stereocenters. The van der Waals surface area contributed by atoms with Gasteiger partial charge in [-0.2, -0.15) is 0 Å². The minimum Gasteiger partial charge on any atom is -0.461 e. The fourth-order valence-corrected chi connectivity index (χ4v) is 0.993. The Morgan fingerprint density at radius 2 is 2.07 bits per heavy atom. The Balaban J connectivity index is 2.44. The largest absolute Gasteiger partial charge is 0.461 e. The summed E-state index contributed by atoms with van der Waals surface area (Å²) in [6, 6.07) is 9.55. The molecular weight excluding hydrogens is 200 g/mol. The van der Waals surface area contributed by atoms with E-state index in [1.807, 2.05) is 30.3 Å². The Bertz CT molecular complexity index is 306. The van der Waals surface area contributed by atoms with Gasteiger partial charge in [-0.15, -0.1) is 11.6 Å². The van der Waals surface area contributed by atoms with Crippen molar-refractivity contribution >= 4 is 23.6 Å². The zero-order chi connectivity index (χ0) is 10.2. The number of ether oxygens (including phenoxy) is 1. The van der Waals surface area contributed by atoms with Crippen molar-refractivity contribution in [2.45, 2.75) is 0 Å². The average molecular weight is 211 g/mol. The first-order chi connectivity index (χ1) is 6.83. The molecule has 0 spiro atoms. The second kappa shape index (κ2) is 6.22. The van der Waals surface area contributed by atoms with E-state index in [4.69, 9.17) is 16.3 Å². The maximum absolute atomic E-state index is 11.0. The third-order valence-corrected chi connectivity index (χ3v) is 1.69. The molecule has 2 nitrogen and oxygen atoms in total. The summed E-state index contributed by atoms with van der Waals surface area (Å²) in [6.45, 7) is 0.250. The van der Waals surface area contributed by atoms with E-state index >= 15 is 0 Å². The molecular formula is C11H11ClO2. The van der Waals surface area contributed by atoms with Crippen LogP contribution in [-0.4, -0.2) is 18.5 Å². The van der Waals surface area contributed by atoms with Crippen molar-refractivity contribution in [2.24, 2.45) is 0 Å². The van der Waals surface area contributed by atoms with E-state index in [9.17, 15) is 4.79 Å². The van der Waals surface area contributed by atoms with E-state index in [0.717, 1.165) is 5.56 Å². The fraction of sp³-hybridized carbons (Fsp3) is 0.182. The molecule has 1 aromatic carbocycles. The number of esters is 1. The van der Waals surface area contributed by atoms with Gasteiger partial charge in [0.1, 0.15) is 6.61 Å². The Labute approximate surface area is 88.1 Å². The number of carbonyl (C=O) groups excluding carboxylic acids is 1. The molecule has 0 N–H and O–H groups in total. The molecule has 0 radical (unpaired) electrons. The van der Waals surface area contributed by atoms with Crippen molar-refractivity contribution in [3.05, 3.63) is 42.0 Å². The summed E-state index contributed by atoms with van der Waals surface area (Å²) in [5.41, 5.74) is 0.968. The minimum absolute atomic E-state index is 0.250. The number of alkyl halides is 1. The first kappa shape index (κ1) is 10.8. The first-order valence-corrected chi connectivity index (χ1v) is 4.82. The highest BCUT2D eigenvalue weighted by Crippen LogP contribution is 2.00. The standard InChI is InChI=1S/C11H11ClO2/c12-8-9-14-11(13)7-6-10-4-2-1-3-5-10/h1-7H,8-9H2/b7-6+. The van der Waals surface area contributed by atoms with Gasteiger partial charge in [-0.05, 0) is 11.6 Å². The molecule has 0 unspecified atom stereocenters. The number of rotatable bonds is 4. The molecule has 0 aliphatic carbocycles. The topological polar surface area (TPSA) is 26.3 Å². The Morgan fingerprint density at radius 1 is 1.36 bits per heavy atom. The SMILES string of the molecule is O=C(/C=C/c1ccccc1)OCCCl. The van der Waals surface area contributed by atoms with Crippen molar-refractivity contribution in [3.63, 3.8) is 0 Å². The summed E-state index contributed by atoms with van der Waals surface area (Å²) in [5, 5.41) is 0. The molecule has 0 heterocycles. The highest BCUT2D eigenvalue weighted by atomic mass is 35.5. The second-order valence-electron chi connectivity index (χ2n) is 2.60. The van der Waals surface area contributed by atoms with Crippen molar-refractivity contribution in [1.82, 2.24) is 0 Å². The molecule has 0 aromatic heterocycles. The summed E-state index contributed by atoms with van der Waals surface area (Å²) >= 11 is 5.36. The Kier molecular flexibility index (Phi) is 4.79. The molecule has 0 amide bonds. The van der Waals surface area contributed by atoms with Crippen LogP contribution in [0.2, 0.25) is 0 Å². The van der Waals surface area contributed by atoms with Crippen molar-refractivity contribution < 1.29 is 9.53 Å². The maximum Gasteiger partial charge on any atom is 0.330 e. The highest BCUT2D eigenvalue weighted by molar-refractivity contribution is 6.18. The molecule has 74 valence electrons. The molecule has 14 heavy (non-hydrogen) atoms. The smallest absolute Gasteiger partial charge is 0.330 e. The maximum atomic E-state index is 11.0. The van der Waals surface area contributed by atoms with Gasteiger partial charge in [0.05, 0.1) is 5.88 Å². The normalized spacial score (nSPS) is 10.4. The van der Waals surface area contributed by atoms with Crippen LogP contribution in [0, 0.1) is 0 Å². The van der Waals surface area contributed by atoms with Gasteiger partial charge in [-0.25, -0.2) is 4.79 Å². The molecule has 0 saturated heterocycles. The van der Waals surface area contributed by atoms with E-state index in [1.165, 1.54) is 6.08 Å². The predicted octanol–water partition coefficient (Wildman–Crippen LogP) is 2.48. The third-order valence-electron chi connectivity index (χ3n) is 1.53. The van der Waals surface area contributed by atoms with Crippen LogP contribution in [0.1, 0.15) is 5.56 Å². The van der Waals surface area contributed by atoms with Crippen LogP contribution < -0.4 is 0 Å². The van der Waals surface area contributed by atoms with Crippen LogP contribution in [0.5, 0.6) is 0 Å². The Hall–Kier alpha value is -1.28. The van der Waals surface area contributed by atoms with Crippen LogP contribution in [0.15, 0.2) is 36.4 Å². The third kappa shape index (κ3) is 4.10. The second-order valence-corrected chi connectivity index (χ2v) is 2.98. The van der Waals surface area contributed by atoms with E-state index in [0.29, 0.717) is 5.88 Å². The lowest BCUT2D eigenvalue weighted by Gasteiger charge is -1.96. The molecule has 0 bridgehead atoms. The van der Waals surface area contributed by atoms with Gasteiger partial charge in [-0.1, -0.05) is 30.3 Å². The highest BCUT2D eigenvalue weighted by Gasteiger charge is 1.94. The van der Waals surface area contributed by atoms with Crippen LogP contribution in [-0.2, 0) is 9.53 Å². The zero-order valence-corrected chi connectivity index (χ0v) is 8.41. The van der Waals surface area contributed by atoms with Gasteiger partial charge in [0.15, 0.2) is 0 Å². The lowest BCUT2D eigenvalue weighted by molar-refractivity contribution is -0.137. The average Bonchev–Trinajstić information content (AvgIpc) is 2.25. The van der Waals surface area contributed by atoms with Crippen LogP contribution in [0.25, 0.3) is 6.08 Å². The van der Waals surface area contributed by atoms with Gasteiger partial charge in [0.2, 0.25) is 0 Å². The summed E-state index contributed by atoms with van der Waals surface area (Å²) in [6.07, 6.45) is 3.10. The monoisotopic (exact) mass is 210 g/mol. The quantitative estimate of drug-likeness (QED) is 0.434. The van der Waals surface area contributed by atoms with Gasteiger partial charge >= 0.3 is 5.97 Å². The zero-order valence-electron chi connectivity index (χ0n) is 7.65. The molecule has 0 aliphatic heterocycles. The van der Waals surface area contributed by atoms with Crippen molar-refractivity contribution in [2.75, 3.05) is 12.5 Å². The summed E-state index contributed by atoms with van der Waals surface area (Å²) < 4.78 is 4.76. The van der Waals surface area contributed by atoms with Crippen LogP contribution in [0.4, 0.5) is 0 Å². The lowest BCUT2D eigenvalue weighted by atomic mass is 10.2. The summed E-state index contributed by atoms with van der Waals surface area (Å²) in [7, 11) is 0. The molecule has 1 rings (SSSR count). The summed E-state index contributed by atoms with van der Waals surface area (Å²) in [4.78, 5) is 11.0.